The van der Waals surface area contributed by atoms with Crippen molar-refractivity contribution in [3.8, 4) is 0 Å². The van der Waals surface area contributed by atoms with Gasteiger partial charge in [-0.1, -0.05) is 64.2 Å². The van der Waals surface area contributed by atoms with Crippen LogP contribution in [-0.4, -0.2) is 37.5 Å². The van der Waals surface area contributed by atoms with Crippen molar-refractivity contribution >= 4 is 0 Å². The zero-order valence-corrected chi connectivity index (χ0v) is 18.9. The van der Waals surface area contributed by atoms with Crippen LogP contribution in [0.2, 0.25) is 0 Å². The van der Waals surface area contributed by atoms with E-state index in [0.29, 0.717) is 24.4 Å². The highest BCUT2D eigenvalue weighted by molar-refractivity contribution is 4.80. The van der Waals surface area contributed by atoms with E-state index in [9.17, 15) is 0 Å². The van der Waals surface area contributed by atoms with Crippen LogP contribution in [0.15, 0.2) is 0 Å². The Labute approximate surface area is 180 Å². The molecule has 3 heteroatoms. The molecule has 0 aromatic carbocycles. The maximum absolute atomic E-state index is 6.37. The molecule has 2 aliphatic carbocycles. The molecule has 4 rings (SSSR count). The van der Waals surface area contributed by atoms with Crippen molar-refractivity contribution in [2.45, 2.75) is 140 Å². The van der Waals surface area contributed by atoms with Gasteiger partial charge in [0.05, 0.1) is 24.4 Å². The van der Waals surface area contributed by atoms with Gasteiger partial charge in [-0.25, -0.2) is 0 Å². The van der Waals surface area contributed by atoms with E-state index in [4.69, 9.17) is 9.47 Å². The van der Waals surface area contributed by atoms with Crippen LogP contribution in [0.4, 0.5) is 0 Å². The average molecular weight is 406 g/mol. The minimum Gasteiger partial charge on any atom is -0.375 e. The Kier molecular flexibility index (Phi) is 9.18. The predicted octanol–water partition coefficient (Wildman–Crippen LogP) is 6.39. The second kappa shape index (κ2) is 12.1. The van der Waals surface area contributed by atoms with Crippen LogP contribution in [-0.2, 0) is 9.47 Å². The Balaban J connectivity index is 1.00. The summed E-state index contributed by atoms with van der Waals surface area (Å²) < 4.78 is 12.7. The minimum absolute atomic E-state index is 0.513. The Hall–Kier alpha value is -0.120. The van der Waals surface area contributed by atoms with Gasteiger partial charge in [0.25, 0.3) is 0 Å². The van der Waals surface area contributed by atoms with Gasteiger partial charge in [-0.05, 0) is 76.3 Å². The molecule has 1 N–H and O–H groups in total. The van der Waals surface area contributed by atoms with Gasteiger partial charge in [-0.2, -0.15) is 0 Å². The smallest absolute Gasteiger partial charge is 0.0592 e. The molecule has 0 spiro atoms. The first-order valence-electron chi connectivity index (χ1n) is 13.4. The normalized spacial score (nSPS) is 34.8. The first-order valence-corrected chi connectivity index (χ1v) is 13.4. The molecule has 2 heterocycles. The van der Waals surface area contributed by atoms with Gasteiger partial charge in [0, 0.05) is 0 Å². The molecule has 3 nitrogen and oxygen atoms in total. The first kappa shape index (κ1) is 22.1. The number of ether oxygens (including phenoxy) is 2. The molecule has 4 unspecified atom stereocenters. The molecule has 0 radical (unpaired) electrons. The fraction of sp³-hybridized carbons (Fsp3) is 1.00. The summed E-state index contributed by atoms with van der Waals surface area (Å²) in [6.45, 7) is 2.22. The summed E-state index contributed by atoms with van der Waals surface area (Å²) in [6, 6.07) is 0. The Bertz CT molecular complexity index is 404. The van der Waals surface area contributed by atoms with Gasteiger partial charge in [-0.3, -0.25) is 0 Å². The van der Waals surface area contributed by atoms with Crippen molar-refractivity contribution in [3.63, 3.8) is 0 Å². The van der Waals surface area contributed by atoms with Crippen molar-refractivity contribution in [1.29, 1.82) is 0 Å². The molecule has 168 valence electrons. The zero-order valence-electron chi connectivity index (χ0n) is 18.9. The molecule has 4 aliphatic rings. The van der Waals surface area contributed by atoms with Crippen molar-refractivity contribution in [2.24, 2.45) is 11.8 Å². The fourth-order valence-electron chi connectivity index (χ4n) is 6.57. The minimum atomic E-state index is 0.513. The molecule has 0 bridgehead atoms. The van der Waals surface area contributed by atoms with E-state index < -0.39 is 0 Å². The molecule has 2 saturated carbocycles. The molecule has 0 aromatic rings. The van der Waals surface area contributed by atoms with Crippen LogP contribution in [0.5, 0.6) is 0 Å². The van der Waals surface area contributed by atoms with Gasteiger partial charge in [-0.15, -0.1) is 0 Å². The van der Waals surface area contributed by atoms with Crippen molar-refractivity contribution in [1.82, 2.24) is 5.32 Å². The lowest BCUT2D eigenvalue weighted by atomic mass is 9.85. The topological polar surface area (TPSA) is 30.5 Å². The molecule has 29 heavy (non-hydrogen) atoms. The third-order valence-electron chi connectivity index (χ3n) is 8.32. The Morgan fingerprint density at radius 1 is 0.483 bits per heavy atom. The van der Waals surface area contributed by atoms with Crippen LogP contribution in [0, 0.1) is 11.8 Å². The van der Waals surface area contributed by atoms with Gasteiger partial charge in [0.2, 0.25) is 0 Å². The zero-order chi connectivity index (χ0) is 19.7. The monoisotopic (exact) mass is 405 g/mol. The molecule has 2 aliphatic heterocycles. The quantitative estimate of drug-likeness (QED) is 0.427. The largest absolute Gasteiger partial charge is 0.375 e. The second-order valence-corrected chi connectivity index (χ2v) is 10.7. The van der Waals surface area contributed by atoms with Gasteiger partial charge in [0.15, 0.2) is 0 Å². The maximum Gasteiger partial charge on any atom is 0.0592 e. The molecule has 0 aromatic heterocycles. The van der Waals surface area contributed by atoms with E-state index in [-0.39, 0.29) is 0 Å². The van der Waals surface area contributed by atoms with E-state index in [0.717, 1.165) is 24.9 Å². The van der Waals surface area contributed by atoms with Crippen molar-refractivity contribution in [3.05, 3.63) is 0 Å². The summed E-state index contributed by atoms with van der Waals surface area (Å²) in [6.07, 6.45) is 27.0. The molecular formula is C26H47NO2. The fourth-order valence-corrected chi connectivity index (χ4v) is 6.57. The van der Waals surface area contributed by atoms with Crippen LogP contribution < -0.4 is 5.32 Å². The lowest BCUT2D eigenvalue weighted by Gasteiger charge is -2.24. The van der Waals surface area contributed by atoms with Crippen LogP contribution in [0.25, 0.3) is 0 Å². The van der Waals surface area contributed by atoms with Crippen LogP contribution in [0.3, 0.4) is 0 Å². The highest BCUT2D eigenvalue weighted by Crippen LogP contribution is 2.34. The predicted molar refractivity (Wildman–Crippen MR) is 120 cm³/mol. The first-order chi connectivity index (χ1) is 14.3. The Morgan fingerprint density at radius 2 is 0.897 bits per heavy atom. The lowest BCUT2D eigenvalue weighted by Crippen LogP contribution is -2.25. The maximum atomic E-state index is 6.37. The third-order valence-corrected chi connectivity index (χ3v) is 8.32. The number of hydrogen-bond acceptors (Lipinski definition) is 3. The van der Waals surface area contributed by atoms with E-state index in [1.807, 2.05) is 0 Å². The highest BCUT2D eigenvalue weighted by Gasteiger charge is 2.29. The summed E-state index contributed by atoms with van der Waals surface area (Å²) in [7, 11) is 0. The van der Waals surface area contributed by atoms with Gasteiger partial charge in [0.1, 0.15) is 0 Å². The lowest BCUT2D eigenvalue weighted by molar-refractivity contribution is 0.0211. The average Bonchev–Trinajstić information content (AvgIpc) is 3.39. The molecule has 4 fully saturated rings. The van der Waals surface area contributed by atoms with E-state index in [1.54, 1.807) is 0 Å². The molecule has 0 amide bonds. The standard InChI is InChI=1S/C26H47NO2/c1-3-7-21(8-4-1)19-25-13-11-23(28-25)15-17-27-18-16-24-12-14-26(29-24)20-22-9-5-2-6-10-22/h21-27H,1-20H2. The highest BCUT2D eigenvalue weighted by atomic mass is 16.5. The van der Waals surface area contributed by atoms with Crippen molar-refractivity contribution < 1.29 is 9.47 Å². The summed E-state index contributed by atoms with van der Waals surface area (Å²) >= 11 is 0. The number of rotatable bonds is 10. The SMILES string of the molecule is C1CCC(CC2CCC(CCNCCC3CCC(CC4CCCCC4)O3)O2)CC1. The number of hydrogen-bond donors (Lipinski definition) is 1. The Morgan fingerprint density at radius 3 is 1.34 bits per heavy atom. The van der Waals surface area contributed by atoms with E-state index in [1.165, 1.54) is 116 Å². The van der Waals surface area contributed by atoms with Gasteiger partial charge < -0.3 is 14.8 Å². The number of nitrogens with one attached hydrogen (secondary N) is 1. The molecule has 4 atom stereocenters. The summed E-state index contributed by atoms with van der Waals surface area (Å²) in [5.74, 6) is 1.91. The van der Waals surface area contributed by atoms with Crippen LogP contribution in [0.1, 0.15) is 116 Å². The van der Waals surface area contributed by atoms with Crippen LogP contribution >= 0.6 is 0 Å². The summed E-state index contributed by atoms with van der Waals surface area (Å²) in [5.41, 5.74) is 0. The van der Waals surface area contributed by atoms with E-state index in [2.05, 4.69) is 5.32 Å². The third kappa shape index (κ3) is 7.51. The molecule has 2 saturated heterocycles. The second-order valence-electron chi connectivity index (χ2n) is 10.7. The van der Waals surface area contributed by atoms with Crippen molar-refractivity contribution in [2.75, 3.05) is 13.1 Å². The van der Waals surface area contributed by atoms with Gasteiger partial charge >= 0.3 is 0 Å². The van der Waals surface area contributed by atoms with E-state index >= 15 is 0 Å². The summed E-state index contributed by atoms with van der Waals surface area (Å²) in [5, 5.41) is 3.67. The molecular weight excluding hydrogens is 358 g/mol. The summed E-state index contributed by atoms with van der Waals surface area (Å²) in [4.78, 5) is 0.